The molecule has 4 heteroatoms. The van der Waals surface area contributed by atoms with Crippen LogP contribution in [-0.2, 0) is 13.3 Å². The lowest BCUT2D eigenvalue weighted by Crippen LogP contribution is -2.40. The topological polar surface area (TPSA) is 27.7 Å². The number of hydrogen-bond acceptors (Lipinski definition) is 3. The van der Waals surface area contributed by atoms with Gasteiger partial charge in [0.25, 0.3) is 0 Å². The molecule has 0 atom stereocenters. The van der Waals surface area contributed by atoms with E-state index in [9.17, 15) is 0 Å². The van der Waals surface area contributed by atoms with Crippen molar-refractivity contribution in [2.75, 3.05) is 21.3 Å². The third-order valence-electron chi connectivity index (χ3n) is 4.65. The second-order valence-electron chi connectivity index (χ2n) is 6.65. The van der Waals surface area contributed by atoms with Crippen LogP contribution in [0.5, 0.6) is 0 Å². The highest BCUT2D eigenvalue weighted by atomic mass is 28.4. The molecule has 0 saturated heterocycles. The first kappa shape index (κ1) is 23.8. The monoisotopic (exact) mass is 358 g/mol. The van der Waals surface area contributed by atoms with Crippen LogP contribution in [0.15, 0.2) is 11.8 Å². The second kappa shape index (κ2) is 17.7. The molecule has 144 valence electrons. The third-order valence-corrected chi connectivity index (χ3v) is 7.00. The molecule has 0 saturated carbocycles. The number of allylic oxidation sites excluding steroid dienone is 1. The molecule has 0 aliphatic heterocycles. The van der Waals surface area contributed by atoms with Crippen LogP contribution in [-0.4, -0.2) is 30.1 Å². The van der Waals surface area contributed by atoms with Crippen LogP contribution in [0, 0.1) is 0 Å². The maximum atomic E-state index is 5.36. The zero-order valence-corrected chi connectivity index (χ0v) is 17.8. The molecule has 0 spiro atoms. The Labute approximate surface area is 152 Å². The Kier molecular flexibility index (Phi) is 17.5. The average molecular weight is 359 g/mol. The van der Waals surface area contributed by atoms with Gasteiger partial charge >= 0.3 is 8.80 Å². The Bertz CT molecular complexity index is 270. The zero-order chi connectivity index (χ0) is 17.9. The van der Waals surface area contributed by atoms with Gasteiger partial charge in [-0.05, 0) is 18.5 Å². The van der Waals surface area contributed by atoms with Crippen molar-refractivity contribution >= 4 is 8.80 Å². The first-order valence-corrected chi connectivity index (χ1v) is 11.9. The Morgan fingerprint density at radius 2 is 0.958 bits per heavy atom. The van der Waals surface area contributed by atoms with E-state index in [4.69, 9.17) is 13.3 Å². The van der Waals surface area contributed by atoms with Crippen molar-refractivity contribution in [2.45, 2.75) is 96.8 Å². The smallest absolute Gasteiger partial charge is 0.374 e. The summed E-state index contributed by atoms with van der Waals surface area (Å²) in [6.45, 7) is 2.28. The second-order valence-corrected chi connectivity index (χ2v) is 9.41. The van der Waals surface area contributed by atoms with Crippen LogP contribution in [0.1, 0.15) is 96.8 Å². The first-order chi connectivity index (χ1) is 11.7. The molecule has 0 N–H and O–H groups in total. The molecule has 0 aliphatic rings. The molecular formula is C20H42O3Si. The van der Waals surface area contributed by atoms with Crippen LogP contribution >= 0.6 is 0 Å². The zero-order valence-electron chi connectivity index (χ0n) is 16.8. The molecule has 0 aromatic carbocycles. The van der Waals surface area contributed by atoms with Crippen molar-refractivity contribution in [1.29, 1.82) is 0 Å². The summed E-state index contributed by atoms with van der Waals surface area (Å²) in [4.78, 5) is 0. The predicted molar refractivity (Wildman–Crippen MR) is 106 cm³/mol. The SMILES string of the molecule is CCCCCCCCCCCCCCCC=C[Si](OC)(OC)OC. The van der Waals surface area contributed by atoms with Gasteiger partial charge in [0.15, 0.2) is 0 Å². The highest BCUT2D eigenvalue weighted by molar-refractivity contribution is 6.66. The van der Waals surface area contributed by atoms with Gasteiger partial charge in [-0.25, -0.2) is 0 Å². The van der Waals surface area contributed by atoms with Gasteiger partial charge in [0.05, 0.1) is 0 Å². The van der Waals surface area contributed by atoms with Gasteiger partial charge in [0.2, 0.25) is 0 Å². The molecule has 0 aromatic rings. The van der Waals surface area contributed by atoms with Crippen LogP contribution in [0.4, 0.5) is 0 Å². The number of rotatable bonds is 18. The molecule has 0 aromatic heterocycles. The lowest BCUT2D eigenvalue weighted by Gasteiger charge is -2.20. The van der Waals surface area contributed by atoms with Gasteiger partial charge in [0.1, 0.15) is 0 Å². The van der Waals surface area contributed by atoms with Crippen LogP contribution in [0.3, 0.4) is 0 Å². The largest absolute Gasteiger partial charge is 0.528 e. The van der Waals surface area contributed by atoms with E-state index in [2.05, 4.69) is 13.0 Å². The van der Waals surface area contributed by atoms with Crippen molar-refractivity contribution in [3.05, 3.63) is 11.8 Å². The fraction of sp³-hybridized carbons (Fsp3) is 0.900. The van der Waals surface area contributed by atoms with E-state index < -0.39 is 8.80 Å². The highest BCUT2D eigenvalue weighted by Gasteiger charge is 2.33. The summed E-state index contributed by atoms with van der Waals surface area (Å²) in [5.74, 6) is 0. The average Bonchev–Trinajstić information content (AvgIpc) is 2.62. The Hall–Kier alpha value is -0.163. The minimum absolute atomic E-state index is 1.09. The summed E-state index contributed by atoms with van der Waals surface area (Å²) < 4.78 is 16.1. The van der Waals surface area contributed by atoms with E-state index in [0.717, 1.165) is 6.42 Å². The van der Waals surface area contributed by atoms with Gasteiger partial charge in [-0.2, -0.15) is 0 Å². The summed E-state index contributed by atoms with van der Waals surface area (Å²) in [7, 11) is 2.44. The lowest BCUT2D eigenvalue weighted by atomic mass is 10.0. The van der Waals surface area contributed by atoms with Gasteiger partial charge in [-0.15, -0.1) is 0 Å². The highest BCUT2D eigenvalue weighted by Crippen LogP contribution is 2.14. The quantitative estimate of drug-likeness (QED) is 0.208. The molecule has 24 heavy (non-hydrogen) atoms. The molecule has 0 aliphatic carbocycles. The predicted octanol–water partition coefficient (Wildman–Crippen LogP) is 6.44. The Morgan fingerprint density at radius 3 is 1.33 bits per heavy atom. The van der Waals surface area contributed by atoms with E-state index in [1.54, 1.807) is 21.3 Å². The lowest BCUT2D eigenvalue weighted by molar-refractivity contribution is 0.138. The van der Waals surface area contributed by atoms with Crippen molar-refractivity contribution < 1.29 is 13.3 Å². The van der Waals surface area contributed by atoms with Gasteiger partial charge in [0, 0.05) is 21.3 Å². The van der Waals surface area contributed by atoms with E-state index in [0.29, 0.717) is 0 Å². The molecular weight excluding hydrogens is 316 g/mol. The summed E-state index contributed by atoms with van der Waals surface area (Å²) >= 11 is 0. The summed E-state index contributed by atoms with van der Waals surface area (Å²) in [5.41, 5.74) is 1.99. The minimum Gasteiger partial charge on any atom is -0.374 e. The minimum atomic E-state index is -2.50. The molecule has 0 fully saturated rings. The summed E-state index contributed by atoms with van der Waals surface area (Å²) in [6, 6.07) is 0. The standard InChI is InChI=1S/C20H42O3Si/c1-5-6-7-8-9-10-11-12-13-14-15-16-17-18-19-20-24(21-2,22-3)23-4/h19-20H,5-18H2,1-4H3. The van der Waals surface area contributed by atoms with Crippen LogP contribution in [0.25, 0.3) is 0 Å². The molecule has 0 radical (unpaired) electrons. The first-order valence-electron chi connectivity index (χ1n) is 10.1. The Balaban J connectivity index is 3.34. The van der Waals surface area contributed by atoms with Gasteiger partial charge in [-0.3, -0.25) is 0 Å². The maximum absolute atomic E-state index is 5.36. The molecule has 0 heterocycles. The summed E-state index contributed by atoms with van der Waals surface area (Å²) in [6.07, 6.45) is 21.4. The van der Waals surface area contributed by atoms with Gasteiger partial charge < -0.3 is 13.3 Å². The van der Waals surface area contributed by atoms with E-state index in [1.165, 1.54) is 83.5 Å². The van der Waals surface area contributed by atoms with Crippen molar-refractivity contribution in [3.63, 3.8) is 0 Å². The van der Waals surface area contributed by atoms with Crippen molar-refractivity contribution in [1.82, 2.24) is 0 Å². The number of hydrogen-bond donors (Lipinski definition) is 0. The molecule has 0 unspecified atom stereocenters. The fourth-order valence-corrected chi connectivity index (χ4v) is 4.33. The number of unbranched alkanes of at least 4 members (excludes halogenated alkanes) is 13. The van der Waals surface area contributed by atoms with E-state index in [-0.39, 0.29) is 0 Å². The molecule has 0 amide bonds. The fourth-order valence-electron chi connectivity index (χ4n) is 2.96. The van der Waals surface area contributed by atoms with E-state index in [1.807, 2.05) is 5.70 Å². The molecule has 0 rings (SSSR count). The normalized spacial score (nSPS) is 12.3. The third kappa shape index (κ3) is 13.2. The summed E-state index contributed by atoms with van der Waals surface area (Å²) in [5, 5.41) is 0. The van der Waals surface area contributed by atoms with Crippen LogP contribution < -0.4 is 0 Å². The maximum Gasteiger partial charge on any atom is 0.528 e. The van der Waals surface area contributed by atoms with Crippen molar-refractivity contribution in [3.8, 4) is 0 Å². The Morgan fingerprint density at radius 1 is 0.583 bits per heavy atom. The molecule has 0 bridgehead atoms. The molecule has 3 nitrogen and oxygen atoms in total. The van der Waals surface area contributed by atoms with Gasteiger partial charge in [-0.1, -0.05) is 90.0 Å². The van der Waals surface area contributed by atoms with Crippen LogP contribution in [0.2, 0.25) is 0 Å². The van der Waals surface area contributed by atoms with E-state index >= 15 is 0 Å². The van der Waals surface area contributed by atoms with Crippen molar-refractivity contribution in [2.24, 2.45) is 0 Å².